The molecule has 0 aromatic rings. The van der Waals surface area contributed by atoms with Gasteiger partial charge < -0.3 is 0 Å². The topological polar surface area (TPSA) is 29.4 Å². The highest BCUT2D eigenvalue weighted by Crippen LogP contribution is 2.66. The molecule has 16 heavy (non-hydrogen) atoms. The second kappa shape index (κ2) is 4.52. The number of rotatable bonds is 4. The SMILES string of the molecule is CCC(=C(C)C)C12CCC(C[C]1SN=O)C2. The van der Waals surface area contributed by atoms with Gasteiger partial charge in [-0.05, 0) is 51.9 Å². The van der Waals surface area contributed by atoms with Gasteiger partial charge >= 0.3 is 0 Å². The fraction of sp³-hybridized carbons (Fsp3) is 0.769. The quantitative estimate of drug-likeness (QED) is 0.397. The van der Waals surface area contributed by atoms with Gasteiger partial charge in [-0.25, -0.2) is 0 Å². The van der Waals surface area contributed by atoms with Crippen molar-refractivity contribution in [3.05, 3.63) is 21.3 Å². The minimum atomic E-state index is 0.233. The number of nitroso groups, excluding NO2 is 1. The van der Waals surface area contributed by atoms with Gasteiger partial charge in [0.1, 0.15) is 0 Å². The first-order chi connectivity index (χ1) is 7.64. The number of allylic oxidation sites excluding steroid dienone is 2. The third kappa shape index (κ3) is 1.73. The van der Waals surface area contributed by atoms with Crippen LogP contribution in [-0.4, -0.2) is 0 Å². The van der Waals surface area contributed by atoms with Gasteiger partial charge in [-0.3, -0.25) is 0 Å². The van der Waals surface area contributed by atoms with Gasteiger partial charge in [0, 0.05) is 21.9 Å². The summed E-state index contributed by atoms with van der Waals surface area (Å²) in [6, 6.07) is 0. The Labute approximate surface area is 102 Å². The van der Waals surface area contributed by atoms with E-state index in [1.165, 1.54) is 42.0 Å². The highest BCUT2D eigenvalue weighted by molar-refractivity contribution is 8.00. The fourth-order valence-electron chi connectivity index (χ4n) is 3.81. The van der Waals surface area contributed by atoms with Crippen LogP contribution in [0.2, 0.25) is 0 Å². The van der Waals surface area contributed by atoms with E-state index in [1.54, 1.807) is 5.57 Å². The Hall–Kier alpha value is -0.310. The van der Waals surface area contributed by atoms with Crippen molar-refractivity contribution in [2.75, 3.05) is 0 Å². The summed E-state index contributed by atoms with van der Waals surface area (Å²) in [6.07, 6.45) is 6.06. The molecule has 2 aliphatic rings. The summed E-state index contributed by atoms with van der Waals surface area (Å²) in [5.74, 6) is 0.810. The first kappa shape index (κ1) is 12.2. The second-order valence-corrected chi connectivity index (χ2v) is 6.14. The summed E-state index contributed by atoms with van der Waals surface area (Å²) in [7, 11) is 0. The molecule has 0 aromatic carbocycles. The van der Waals surface area contributed by atoms with Crippen molar-refractivity contribution in [1.29, 1.82) is 0 Å². The van der Waals surface area contributed by atoms with Gasteiger partial charge in [-0.2, -0.15) is 0 Å². The van der Waals surface area contributed by atoms with E-state index in [-0.39, 0.29) is 5.41 Å². The van der Waals surface area contributed by atoms with Crippen LogP contribution in [0.5, 0.6) is 0 Å². The minimum Gasteiger partial charge on any atom is -0.137 e. The Morgan fingerprint density at radius 2 is 2.31 bits per heavy atom. The lowest BCUT2D eigenvalue weighted by Gasteiger charge is -2.35. The van der Waals surface area contributed by atoms with Crippen molar-refractivity contribution in [3.63, 3.8) is 0 Å². The molecule has 2 bridgehead atoms. The maximum Gasteiger partial charge on any atom is 0.0682 e. The van der Waals surface area contributed by atoms with E-state index in [1.807, 2.05) is 0 Å². The zero-order valence-corrected chi connectivity index (χ0v) is 11.2. The summed E-state index contributed by atoms with van der Waals surface area (Å²) in [6.45, 7) is 6.64. The van der Waals surface area contributed by atoms with Gasteiger partial charge in [0.2, 0.25) is 0 Å². The average molecular weight is 238 g/mol. The van der Waals surface area contributed by atoms with Crippen LogP contribution >= 0.6 is 11.9 Å². The predicted molar refractivity (Wildman–Crippen MR) is 69.7 cm³/mol. The maximum atomic E-state index is 10.5. The van der Waals surface area contributed by atoms with Crippen LogP contribution in [0.25, 0.3) is 0 Å². The lowest BCUT2D eigenvalue weighted by atomic mass is 9.74. The molecule has 0 heterocycles. The second-order valence-electron chi connectivity index (χ2n) is 5.32. The molecule has 2 atom stereocenters. The third-order valence-corrected chi connectivity index (χ3v) is 5.16. The molecule has 1 radical (unpaired) electrons. The van der Waals surface area contributed by atoms with E-state index in [9.17, 15) is 4.91 Å². The molecule has 2 fully saturated rings. The summed E-state index contributed by atoms with van der Waals surface area (Å²) < 4.78 is 3.06. The molecule has 0 N–H and O–H groups in total. The summed E-state index contributed by atoms with van der Waals surface area (Å²) in [5.41, 5.74) is 3.24. The van der Waals surface area contributed by atoms with E-state index in [0.29, 0.717) is 0 Å². The van der Waals surface area contributed by atoms with E-state index in [0.717, 1.165) is 18.8 Å². The zero-order valence-electron chi connectivity index (χ0n) is 10.4. The summed E-state index contributed by atoms with van der Waals surface area (Å²) in [5, 5.41) is 1.34. The summed E-state index contributed by atoms with van der Waals surface area (Å²) in [4.78, 5) is 10.5. The van der Waals surface area contributed by atoms with Crippen LogP contribution in [0.3, 0.4) is 0 Å². The lowest BCUT2D eigenvalue weighted by Crippen LogP contribution is -2.24. The van der Waals surface area contributed by atoms with Crippen LogP contribution < -0.4 is 0 Å². The molecule has 2 unspecified atom stereocenters. The van der Waals surface area contributed by atoms with Gasteiger partial charge in [0.15, 0.2) is 0 Å². The highest BCUT2D eigenvalue weighted by atomic mass is 32.2. The molecule has 89 valence electrons. The molecule has 2 rings (SSSR count). The molecule has 2 saturated carbocycles. The van der Waals surface area contributed by atoms with Crippen molar-refractivity contribution in [2.45, 2.75) is 52.9 Å². The Bertz CT molecular complexity index is 322. The van der Waals surface area contributed by atoms with Gasteiger partial charge in [-0.15, -0.1) is 4.91 Å². The monoisotopic (exact) mass is 238 g/mol. The zero-order chi connectivity index (χ0) is 11.8. The van der Waals surface area contributed by atoms with Gasteiger partial charge in [0.25, 0.3) is 0 Å². The highest BCUT2D eigenvalue weighted by Gasteiger charge is 2.54. The van der Waals surface area contributed by atoms with Crippen molar-refractivity contribution in [3.8, 4) is 0 Å². The van der Waals surface area contributed by atoms with Crippen LogP contribution in [0.15, 0.2) is 15.7 Å². The third-order valence-electron chi connectivity index (χ3n) is 4.31. The predicted octanol–water partition coefficient (Wildman–Crippen LogP) is 4.87. The van der Waals surface area contributed by atoms with Crippen LogP contribution in [0.4, 0.5) is 0 Å². The first-order valence-electron chi connectivity index (χ1n) is 6.17. The molecule has 0 aliphatic heterocycles. The van der Waals surface area contributed by atoms with Crippen molar-refractivity contribution >= 4 is 11.9 Å². The number of nitrogens with zero attached hydrogens (tertiary/aromatic N) is 1. The minimum absolute atomic E-state index is 0.233. The largest absolute Gasteiger partial charge is 0.137 e. The van der Waals surface area contributed by atoms with Crippen molar-refractivity contribution in [1.82, 2.24) is 0 Å². The average Bonchev–Trinajstić information content (AvgIpc) is 2.76. The number of hydrogen-bond acceptors (Lipinski definition) is 3. The van der Waals surface area contributed by atoms with E-state index in [4.69, 9.17) is 0 Å². The molecule has 0 spiro atoms. The van der Waals surface area contributed by atoms with E-state index < -0.39 is 0 Å². The Morgan fingerprint density at radius 1 is 1.56 bits per heavy atom. The molecule has 0 saturated heterocycles. The fourth-order valence-corrected chi connectivity index (χ4v) is 4.70. The lowest BCUT2D eigenvalue weighted by molar-refractivity contribution is 0.422. The van der Waals surface area contributed by atoms with Gasteiger partial charge in [-0.1, -0.05) is 18.1 Å². The van der Waals surface area contributed by atoms with Crippen LogP contribution in [0, 0.1) is 21.5 Å². The molecule has 0 aromatic heterocycles. The Kier molecular flexibility index (Phi) is 3.43. The maximum absolute atomic E-state index is 10.5. The van der Waals surface area contributed by atoms with Crippen molar-refractivity contribution < 1.29 is 0 Å². The molecular weight excluding hydrogens is 218 g/mol. The van der Waals surface area contributed by atoms with E-state index >= 15 is 0 Å². The number of hydrogen-bond donors (Lipinski definition) is 0. The molecular formula is C13H20NOS. The normalized spacial score (nSPS) is 33.1. The standard InChI is InChI=1S/C13H20NOS/c1-4-11(9(2)3)13-6-5-10(8-13)7-12(13)16-14-15/h10H,4-8H2,1-3H3. The van der Waals surface area contributed by atoms with Crippen LogP contribution in [-0.2, 0) is 0 Å². The van der Waals surface area contributed by atoms with Gasteiger partial charge in [0.05, 0.1) is 5.25 Å². The molecule has 0 amide bonds. The van der Waals surface area contributed by atoms with E-state index in [2.05, 4.69) is 25.4 Å². The first-order valence-corrected chi connectivity index (χ1v) is 6.94. The molecule has 2 aliphatic carbocycles. The Morgan fingerprint density at radius 3 is 2.81 bits per heavy atom. The molecule has 2 nitrogen and oxygen atoms in total. The van der Waals surface area contributed by atoms with Crippen molar-refractivity contribution in [2.24, 2.45) is 15.9 Å². The molecule has 3 heteroatoms. The smallest absolute Gasteiger partial charge is 0.0682 e. The van der Waals surface area contributed by atoms with Crippen LogP contribution in [0.1, 0.15) is 52.9 Å². The number of fused-ring (bicyclic) bond motifs is 2. The summed E-state index contributed by atoms with van der Waals surface area (Å²) >= 11 is 1.21. The Balaban J connectivity index is 2.33.